The van der Waals surface area contributed by atoms with Crippen LogP contribution in [0.1, 0.15) is 0 Å². The number of hydrogen-bond donors (Lipinski definition) is 1. The second-order valence-electron chi connectivity index (χ2n) is 5.52. The van der Waals surface area contributed by atoms with Crippen LogP contribution in [0.2, 0.25) is 5.28 Å². The van der Waals surface area contributed by atoms with E-state index in [1.165, 1.54) is 14.1 Å². The van der Waals surface area contributed by atoms with Crippen molar-refractivity contribution in [2.24, 2.45) is 14.1 Å². The van der Waals surface area contributed by atoms with Gasteiger partial charge in [0.05, 0.1) is 5.69 Å². The molecule has 0 saturated carbocycles. The fourth-order valence-corrected chi connectivity index (χ4v) is 2.72. The number of carbonyl (C=O) groups excluding carboxylic acids is 1. The highest BCUT2D eigenvalue weighted by Crippen LogP contribution is 2.18. The van der Waals surface area contributed by atoms with Gasteiger partial charge in [-0.15, -0.1) is 0 Å². The van der Waals surface area contributed by atoms with E-state index in [4.69, 9.17) is 11.6 Å². The van der Waals surface area contributed by atoms with E-state index >= 15 is 0 Å². The van der Waals surface area contributed by atoms with Gasteiger partial charge in [0.2, 0.25) is 11.2 Å². The number of nitrogens with zero attached hydrogens (tertiary/aromatic N) is 4. The molecule has 1 amide bonds. The minimum absolute atomic E-state index is 0.00726. The van der Waals surface area contributed by atoms with Crippen molar-refractivity contribution in [1.82, 2.24) is 18.7 Å². The normalized spacial score (nSPS) is 11.1. The summed E-state index contributed by atoms with van der Waals surface area (Å²) in [7, 11) is 2.68. The van der Waals surface area contributed by atoms with E-state index < -0.39 is 35.3 Å². The van der Waals surface area contributed by atoms with Gasteiger partial charge in [-0.2, -0.15) is 4.98 Å². The van der Waals surface area contributed by atoms with E-state index in [1.807, 2.05) is 0 Å². The highest BCUT2D eigenvalue weighted by molar-refractivity contribution is 6.29. The third kappa shape index (κ3) is 2.88. The van der Waals surface area contributed by atoms with E-state index in [0.29, 0.717) is 0 Å². The zero-order valence-electron chi connectivity index (χ0n) is 13.6. The van der Waals surface area contributed by atoms with Gasteiger partial charge in [0.1, 0.15) is 18.2 Å². The molecule has 0 saturated heterocycles. The van der Waals surface area contributed by atoms with Gasteiger partial charge in [-0.05, 0) is 23.7 Å². The first-order valence-electron chi connectivity index (χ1n) is 7.27. The summed E-state index contributed by atoms with van der Waals surface area (Å²) in [4.78, 5) is 40.4. The Morgan fingerprint density at radius 2 is 1.92 bits per heavy atom. The molecule has 3 rings (SSSR count). The van der Waals surface area contributed by atoms with E-state index in [1.54, 1.807) is 0 Å². The Hall–Kier alpha value is -3.01. The Bertz CT molecular complexity index is 1160. The maximum Gasteiger partial charge on any atom is 0.332 e. The Kier molecular flexibility index (Phi) is 4.36. The molecule has 0 aliphatic carbocycles. The summed E-state index contributed by atoms with van der Waals surface area (Å²) >= 11 is 5.99. The number of nitrogens with one attached hydrogen (secondary N) is 1. The zero-order chi connectivity index (χ0) is 19.2. The molecule has 3 aromatic rings. The number of halogens is 3. The van der Waals surface area contributed by atoms with Gasteiger partial charge in [0.25, 0.3) is 5.56 Å². The molecule has 11 heteroatoms. The lowest BCUT2D eigenvalue weighted by atomic mass is 10.3. The Balaban J connectivity index is 2.03. The number of hydrogen-bond acceptors (Lipinski definition) is 4. The van der Waals surface area contributed by atoms with Gasteiger partial charge in [-0.3, -0.25) is 23.3 Å². The second kappa shape index (κ2) is 6.37. The van der Waals surface area contributed by atoms with Crippen molar-refractivity contribution in [3.05, 3.63) is 56.0 Å². The van der Waals surface area contributed by atoms with Gasteiger partial charge in [0, 0.05) is 20.2 Å². The van der Waals surface area contributed by atoms with Crippen molar-refractivity contribution >= 4 is 34.4 Å². The third-order valence-electron chi connectivity index (χ3n) is 3.81. The number of imidazole rings is 1. The van der Waals surface area contributed by atoms with E-state index in [0.717, 1.165) is 31.9 Å². The second-order valence-corrected chi connectivity index (χ2v) is 5.86. The van der Waals surface area contributed by atoms with Crippen molar-refractivity contribution in [2.75, 3.05) is 5.32 Å². The van der Waals surface area contributed by atoms with Crippen LogP contribution in [0.3, 0.4) is 0 Å². The molecule has 0 atom stereocenters. The summed E-state index contributed by atoms with van der Waals surface area (Å²) in [6.45, 7) is -0.487. The van der Waals surface area contributed by atoms with E-state index in [-0.39, 0.29) is 22.1 Å². The molecule has 0 aliphatic rings. The van der Waals surface area contributed by atoms with Crippen LogP contribution in [0.4, 0.5) is 14.5 Å². The minimum Gasteiger partial charge on any atom is -0.322 e. The summed E-state index contributed by atoms with van der Waals surface area (Å²) in [5.41, 5.74) is -1.69. The molecule has 26 heavy (non-hydrogen) atoms. The molecule has 136 valence electrons. The number of benzene rings is 1. The Labute approximate surface area is 149 Å². The molecule has 8 nitrogen and oxygen atoms in total. The van der Waals surface area contributed by atoms with Crippen LogP contribution in [-0.4, -0.2) is 24.6 Å². The molecule has 1 aromatic carbocycles. The third-order valence-corrected chi connectivity index (χ3v) is 4.09. The molecular formula is C15H12ClF2N5O3. The first-order valence-corrected chi connectivity index (χ1v) is 7.65. The van der Waals surface area contributed by atoms with Gasteiger partial charge < -0.3 is 5.32 Å². The summed E-state index contributed by atoms with van der Waals surface area (Å²) in [5, 5.41) is 2.00. The molecule has 0 aliphatic heterocycles. The number of aromatic nitrogens is 4. The number of fused-ring (bicyclic) bond motifs is 1. The quantitative estimate of drug-likeness (QED) is 0.683. The summed E-state index contributed by atoms with van der Waals surface area (Å²) in [6.07, 6.45) is 0. The molecule has 0 radical (unpaired) electrons. The molecule has 2 heterocycles. The lowest BCUT2D eigenvalue weighted by molar-refractivity contribution is -0.116. The topological polar surface area (TPSA) is 90.9 Å². The number of carbonyl (C=O) groups is 1. The molecular weight excluding hydrogens is 372 g/mol. The minimum atomic E-state index is -0.820. The van der Waals surface area contributed by atoms with Crippen LogP contribution in [0.5, 0.6) is 0 Å². The number of amides is 1. The lowest BCUT2D eigenvalue weighted by Crippen LogP contribution is -2.37. The van der Waals surface area contributed by atoms with Gasteiger partial charge in [-0.25, -0.2) is 13.6 Å². The van der Waals surface area contributed by atoms with Crippen LogP contribution in [0.15, 0.2) is 27.8 Å². The molecule has 1 N–H and O–H groups in total. The first-order chi connectivity index (χ1) is 12.2. The summed E-state index contributed by atoms with van der Waals surface area (Å²) in [5.74, 6) is -2.30. The smallest absolute Gasteiger partial charge is 0.322 e. The Morgan fingerprint density at radius 3 is 2.62 bits per heavy atom. The van der Waals surface area contributed by atoms with Crippen molar-refractivity contribution in [3.8, 4) is 0 Å². The van der Waals surface area contributed by atoms with Gasteiger partial charge >= 0.3 is 5.69 Å². The molecule has 0 spiro atoms. The highest BCUT2D eigenvalue weighted by Gasteiger charge is 2.20. The monoisotopic (exact) mass is 383 g/mol. The molecule has 2 aromatic heterocycles. The lowest BCUT2D eigenvalue weighted by Gasteiger charge is -2.09. The largest absolute Gasteiger partial charge is 0.332 e. The average molecular weight is 384 g/mol. The van der Waals surface area contributed by atoms with Crippen LogP contribution in [0, 0.1) is 11.6 Å². The Morgan fingerprint density at radius 1 is 1.23 bits per heavy atom. The van der Waals surface area contributed by atoms with Crippen LogP contribution >= 0.6 is 11.6 Å². The van der Waals surface area contributed by atoms with Crippen LogP contribution in [-0.2, 0) is 25.4 Å². The maximum atomic E-state index is 13.6. The summed E-state index contributed by atoms with van der Waals surface area (Å²) in [6, 6.07) is 2.61. The fraction of sp³-hybridized carbons (Fsp3) is 0.200. The average Bonchev–Trinajstić information content (AvgIpc) is 2.91. The zero-order valence-corrected chi connectivity index (χ0v) is 14.3. The highest BCUT2D eigenvalue weighted by atomic mass is 35.5. The van der Waals surface area contributed by atoms with Crippen molar-refractivity contribution in [1.29, 1.82) is 0 Å². The van der Waals surface area contributed by atoms with Crippen LogP contribution < -0.4 is 16.6 Å². The molecule has 0 fully saturated rings. The first kappa shape index (κ1) is 17.8. The van der Waals surface area contributed by atoms with Crippen molar-refractivity contribution in [2.45, 2.75) is 6.54 Å². The maximum absolute atomic E-state index is 13.6. The van der Waals surface area contributed by atoms with Gasteiger partial charge in [0.15, 0.2) is 11.2 Å². The predicted octanol–water partition coefficient (Wildman–Crippen LogP) is 1.00. The molecule has 0 bridgehead atoms. The van der Waals surface area contributed by atoms with Crippen molar-refractivity contribution in [3.63, 3.8) is 0 Å². The number of rotatable bonds is 3. The summed E-state index contributed by atoms with van der Waals surface area (Å²) < 4.78 is 29.9. The number of aryl methyl sites for hydroxylation is 1. The van der Waals surface area contributed by atoms with Crippen LogP contribution in [0.25, 0.3) is 11.2 Å². The predicted molar refractivity (Wildman–Crippen MR) is 90.2 cm³/mol. The van der Waals surface area contributed by atoms with E-state index in [9.17, 15) is 23.2 Å². The van der Waals surface area contributed by atoms with Gasteiger partial charge in [-0.1, -0.05) is 0 Å². The molecule has 0 unspecified atom stereocenters. The number of anilines is 1. The standard InChI is InChI=1S/C15H12ClF2N5O3/c1-21-12-11(13(25)22(2)15(21)26)23(14(16)20-12)6-10(24)19-9-5-7(17)3-4-8(9)18/h3-5H,6H2,1-2H3,(H,19,24). The SMILES string of the molecule is Cn1c(=O)c2c(nc(Cl)n2CC(=O)Nc2cc(F)ccc2F)n(C)c1=O. The van der Waals surface area contributed by atoms with Crippen molar-refractivity contribution < 1.29 is 13.6 Å². The fourth-order valence-electron chi connectivity index (χ4n) is 2.49. The van der Waals surface area contributed by atoms with E-state index in [2.05, 4.69) is 10.3 Å².